The standard InChI is InChI=1S/C13H22O2/c1-4-14-10(2)15-9-13(3)8-11-5-6-12(13)7-11/h5-6,10-12H,4,7-9H2,1-3H3. The van der Waals surface area contributed by atoms with E-state index in [1.165, 1.54) is 12.8 Å². The van der Waals surface area contributed by atoms with Crippen molar-refractivity contribution in [1.82, 2.24) is 0 Å². The predicted octanol–water partition coefficient (Wildman–Crippen LogP) is 2.99. The molecule has 0 N–H and O–H groups in total. The Labute approximate surface area is 92.6 Å². The van der Waals surface area contributed by atoms with Crippen molar-refractivity contribution in [3.05, 3.63) is 12.2 Å². The van der Waals surface area contributed by atoms with Gasteiger partial charge in [0.05, 0.1) is 6.61 Å². The molecule has 86 valence electrons. The maximum absolute atomic E-state index is 5.77. The molecule has 0 amide bonds. The minimum absolute atomic E-state index is 0.0602. The van der Waals surface area contributed by atoms with Crippen LogP contribution in [0.1, 0.15) is 33.6 Å². The lowest BCUT2D eigenvalue weighted by molar-refractivity contribution is -0.148. The van der Waals surface area contributed by atoms with Gasteiger partial charge in [-0.25, -0.2) is 0 Å². The topological polar surface area (TPSA) is 18.5 Å². The molecule has 0 aromatic carbocycles. The summed E-state index contributed by atoms with van der Waals surface area (Å²) in [5.74, 6) is 1.54. The van der Waals surface area contributed by atoms with Crippen LogP contribution in [0.2, 0.25) is 0 Å². The third-order valence-electron chi connectivity index (χ3n) is 3.85. The van der Waals surface area contributed by atoms with Crippen LogP contribution >= 0.6 is 0 Å². The predicted molar refractivity (Wildman–Crippen MR) is 60.5 cm³/mol. The summed E-state index contributed by atoms with van der Waals surface area (Å²) in [6.07, 6.45) is 7.31. The van der Waals surface area contributed by atoms with Gasteiger partial charge in [-0.2, -0.15) is 0 Å². The molecule has 0 aromatic rings. The van der Waals surface area contributed by atoms with Gasteiger partial charge in [0.2, 0.25) is 0 Å². The fraction of sp³-hybridized carbons (Fsp3) is 0.846. The van der Waals surface area contributed by atoms with Crippen LogP contribution in [0.25, 0.3) is 0 Å². The first-order valence-electron chi connectivity index (χ1n) is 6.05. The van der Waals surface area contributed by atoms with Gasteiger partial charge in [0.1, 0.15) is 0 Å². The molecule has 4 unspecified atom stereocenters. The lowest BCUT2D eigenvalue weighted by Gasteiger charge is -2.32. The molecule has 0 aliphatic heterocycles. The van der Waals surface area contributed by atoms with Crippen molar-refractivity contribution in [1.29, 1.82) is 0 Å². The Morgan fingerprint density at radius 1 is 1.40 bits per heavy atom. The lowest BCUT2D eigenvalue weighted by atomic mass is 9.78. The summed E-state index contributed by atoms with van der Waals surface area (Å²) in [7, 11) is 0. The number of hydrogen-bond acceptors (Lipinski definition) is 2. The molecule has 0 saturated heterocycles. The summed E-state index contributed by atoms with van der Waals surface area (Å²) in [5, 5.41) is 0. The molecule has 2 aliphatic carbocycles. The van der Waals surface area contributed by atoms with E-state index in [0.717, 1.165) is 25.0 Å². The zero-order chi connectivity index (χ0) is 10.9. The van der Waals surface area contributed by atoms with Gasteiger partial charge in [-0.05, 0) is 43.9 Å². The van der Waals surface area contributed by atoms with E-state index in [1.807, 2.05) is 13.8 Å². The molecule has 0 heterocycles. The molecular formula is C13H22O2. The molecule has 1 fully saturated rings. The van der Waals surface area contributed by atoms with Crippen LogP contribution in [-0.4, -0.2) is 19.5 Å². The Morgan fingerprint density at radius 2 is 2.20 bits per heavy atom. The highest BCUT2D eigenvalue weighted by atomic mass is 16.7. The third-order valence-corrected chi connectivity index (χ3v) is 3.85. The van der Waals surface area contributed by atoms with E-state index in [2.05, 4.69) is 19.1 Å². The van der Waals surface area contributed by atoms with E-state index in [1.54, 1.807) is 0 Å². The largest absolute Gasteiger partial charge is 0.353 e. The molecule has 0 aromatic heterocycles. The van der Waals surface area contributed by atoms with Gasteiger partial charge in [-0.1, -0.05) is 19.1 Å². The second-order valence-electron chi connectivity index (χ2n) is 5.18. The van der Waals surface area contributed by atoms with Gasteiger partial charge in [0.15, 0.2) is 6.29 Å². The van der Waals surface area contributed by atoms with Crippen molar-refractivity contribution < 1.29 is 9.47 Å². The monoisotopic (exact) mass is 210 g/mol. The van der Waals surface area contributed by atoms with E-state index in [4.69, 9.17) is 9.47 Å². The number of ether oxygens (including phenoxy) is 2. The van der Waals surface area contributed by atoms with Crippen molar-refractivity contribution in [3.8, 4) is 0 Å². The maximum atomic E-state index is 5.77. The van der Waals surface area contributed by atoms with Crippen molar-refractivity contribution in [3.63, 3.8) is 0 Å². The van der Waals surface area contributed by atoms with Crippen LogP contribution in [0.3, 0.4) is 0 Å². The van der Waals surface area contributed by atoms with Crippen molar-refractivity contribution in [2.75, 3.05) is 13.2 Å². The van der Waals surface area contributed by atoms with E-state index in [0.29, 0.717) is 5.41 Å². The zero-order valence-corrected chi connectivity index (χ0v) is 10.0. The fourth-order valence-corrected chi connectivity index (χ4v) is 2.95. The highest BCUT2D eigenvalue weighted by molar-refractivity contribution is 5.14. The first kappa shape index (κ1) is 11.2. The molecule has 2 bridgehead atoms. The van der Waals surface area contributed by atoms with Crippen LogP contribution in [0.4, 0.5) is 0 Å². The van der Waals surface area contributed by atoms with Crippen molar-refractivity contribution in [2.45, 2.75) is 39.9 Å². The van der Waals surface area contributed by atoms with Crippen LogP contribution in [0.15, 0.2) is 12.2 Å². The fourth-order valence-electron chi connectivity index (χ4n) is 2.95. The number of fused-ring (bicyclic) bond motifs is 2. The quantitative estimate of drug-likeness (QED) is 0.513. The van der Waals surface area contributed by atoms with Gasteiger partial charge >= 0.3 is 0 Å². The van der Waals surface area contributed by atoms with E-state index in [-0.39, 0.29) is 6.29 Å². The minimum Gasteiger partial charge on any atom is -0.353 e. The van der Waals surface area contributed by atoms with Crippen LogP contribution in [0.5, 0.6) is 0 Å². The zero-order valence-electron chi connectivity index (χ0n) is 10.0. The Hall–Kier alpha value is -0.340. The number of allylic oxidation sites excluding steroid dienone is 2. The van der Waals surface area contributed by atoms with Crippen molar-refractivity contribution in [2.24, 2.45) is 17.3 Å². The first-order chi connectivity index (χ1) is 7.14. The molecule has 2 nitrogen and oxygen atoms in total. The summed E-state index contributed by atoms with van der Waals surface area (Å²) in [6.45, 7) is 7.89. The van der Waals surface area contributed by atoms with Crippen LogP contribution in [0, 0.1) is 17.3 Å². The van der Waals surface area contributed by atoms with Gasteiger partial charge in [0.25, 0.3) is 0 Å². The average Bonchev–Trinajstić information content (AvgIpc) is 2.75. The number of rotatable bonds is 5. The molecule has 4 atom stereocenters. The van der Waals surface area contributed by atoms with Gasteiger partial charge in [0, 0.05) is 6.61 Å². The molecule has 2 heteroatoms. The van der Waals surface area contributed by atoms with Crippen LogP contribution in [-0.2, 0) is 9.47 Å². The van der Waals surface area contributed by atoms with Crippen molar-refractivity contribution >= 4 is 0 Å². The minimum atomic E-state index is -0.0602. The first-order valence-corrected chi connectivity index (χ1v) is 6.05. The third kappa shape index (κ3) is 2.26. The second-order valence-corrected chi connectivity index (χ2v) is 5.18. The van der Waals surface area contributed by atoms with Crippen LogP contribution < -0.4 is 0 Å². The average molecular weight is 210 g/mol. The summed E-state index contributed by atoms with van der Waals surface area (Å²) in [4.78, 5) is 0. The number of hydrogen-bond donors (Lipinski definition) is 0. The normalized spacial score (nSPS) is 39.9. The molecular weight excluding hydrogens is 188 g/mol. The Morgan fingerprint density at radius 3 is 2.73 bits per heavy atom. The molecule has 2 aliphatic rings. The highest BCUT2D eigenvalue weighted by Crippen LogP contribution is 2.51. The SMILES string of the molecule is CCOC(C)OCC1(C)CC2C=CC1C2. The van der Waals surface area contributed by atoms with E-state index >= 15 is 0 Å². The highest BCUT2D eigenvalue weighted by Gasteiger charge is 2.45. The smallest absolute Gasteiger partial charge is 0.154 e. The van der Waals surface area contributed by atoms with E-state index in [9.17, 15) is 0 Å². The molecule has 1 saturated carbocycles. The Kier molecular flexibility index (Phi) is 3.17. The summed E-state index contributed by atoms with van der Waals surface area (Å²) < 4.78 is 11.2. The Bertz CT molecular complexity index is 249. The molecule has 0 spiro atoms. The second kappa shape index (κ2) is 4.26. The van der Waals surface area contributed by atoms with Gasteiger partial charge < -0.3 is 9.47 Å². The summed E-state index contributed by atoms with van der Waals surface area (Å²) in [6, 6.07) is 0. The van der Waals surface area contributed by atoms with Gasteiger partial charge in [-0.15, -0.1) is 0 Å². The maximum Gasteiger partial charge on any atom is 0.154 e. The van der Waals surface area contributed by atoms with Gasteiger partial charge in [-0.3, -0.25) is 0 Å². The summed E-state index contributed by atoms with van der Waals surface area (Å²) in [5.41, 5.74) is 0.352. The Balaban J connectivity index is 1.82. The molecule has 15 heavy (non-hydrogen) atoms. The summed E-state index contributed by atoms with van der Waals surface area (Å²) >= 11 is 0. The lowest BCUT2D eigenvalue weighted by Crippen LogP contribution is -2.30. The molecule has 0 radical (unpaired) electrons. The van der Waals surface area contributed by atoms with E-state index < -0.39 is 0 Å². The molecule has 2 rings (SSSR count).